The highest BCUT2D eigenvalue weighted by Crippen LogP contribution is 2.37. The van der Waals surface area contributed by atoms with Crippen LogP contribution in [-0.4, -0.2) is 58.8 Å². The molecule has 38 heavy (non-hydrogen) atoms. The number of alkyl halides is 3. The van der Waals surface area contributed by atoms with Crippen molar-refractivity contribution < 1.29 is 22.7 Å². The van der Waals surface area contributed by atoms with Crippen molar-refractivity contribution in [3.8, 4) is 11.4 Å². The molecule has 1 saturated heterocycles. The van der Waals surface area contributed by atoms with E-state index in [4.69, 9.17) is 14.7 Å². The largest absolute Gasteiger partial charge is 0.416 e. The zero-order valence-corrected chi connectivity index (χ0v) is 20.2. The van der Waals surface area contributed by atoms with Crippen LogP contribution in [0.5, 0.6) is 0 Å². The maximum atomic E-state index is 12.8. The number of halogens is 3. The zero-order valence-electron chi connectivity index (χ0n) is 20.2. The lowest BCUT2D eigenvalue weighted by Gasteiger charge is -2.43. The number of fused-ring (bicyclic) bond motifs is 2. The number of benzene rings is 1. The highest BCUT2D eigenvalue weighted by molar-refractivity contribution is 5.98. The van der Waals surface area contributed by atoms with Crippen LogP contribution in [0.3, 0.4) is 0 Å². The molecule has 3 aliphatic heterocycles. The number of methoxy groups -OCH3 is 1. The molecule has 1 amide bonds. The summed E-state index contributed by atoms with van der Waals surface area (Å²) in [6, 6.07) is 9.83. The molecule has 1 atom stereocenters. The summed E-state index contributed by atoms with van der Waals surface area (Å²) in [7, 11) is 1.67. The van der Waals surface area contributed by atoms with Gasteiger partial charge in [0.25, 0.3) is 0 Å². The van der Waals surface area contributed by atoms with Gasteiger partial charge in [-0.2, -0.15) is 13.2 Å². The lowest BCUT2D eigenvalue weighted by atomic mass is 10.1. The monoisotopic (exact) mass is 521 g/mol. The molecule has 9 nitrogen and oxygen atoms in total. The van der Waals surface area contributed by atoms with E-state index in [2.05, 4.69) is 25.1 Å². The first-order valence-electron chi connectivity index (χ1n) is 11.9. The number of rotatable bonds is 5. The predicted molar refractivity (Wildman–Crippen MR) is 135 cm³/mol. The molecular formula is C26H22F3N7O2. The lowest BCUT2D eigenvalue weighted by Crippen LogP contribution is -2.55. The maximum absolute atomic E-state index is 12.8. The summed E-state index contributed by atoms with van der Waals surface area (Å²) >= 11 is 0. The molecule has 194 valence electrons. The Morgan fingerprint density at radius 1 is 1.05 bits per heavy atom. The molecule has 0 spiro atoms. The number of pyridine rings is 2. The van der Waals surface area contributed by atoms with Crippen LogP contribution in [0.2, 0.25) is 0 Å². The van der Waals surface area contributed by atoms with E-state index < -0.39 is 17.6 Å². The Balaban J connectivity index is 1.28. The van der Waals surface area contributed by atoms with Gasteiger partial charge in [0, 0.05) is 43.5 Å². The van der Waals surface area contributed by atoms with Crippen molar-refractivity contribution in [1.82, 2.24) is 19.9 Å². The molecule has 1 unspecified atom stereocenters. The van der Waals surface area contributed by atoms with E-state index in [9.17, 15) is 18.0 Å². The van der Waals surface area contributed by atoms with Crippen LogP contribution in [-0.2, 0) is 22.1 Å². The maximum Gasteiger partial charge on any atom is 0.416 e. The number of hydrogen-bond donors (Lipinski definition) is 1. The molecule has 3 aliphatic rings. The van der Waals surface area contributed by atoms with Crippen LogP contribution in [0.1, 0.15) is 11.1 Å². The van der Waals surface area contributed by atoms with E-state index in [0.717, 1.165) is 42.2 Å². The third-order valence-electron chi connectivity index (χ3n) is 6.69. The molecule has 1 aromatic carbocycles. The van der Waals surface area contributed by atoms with Crippen molar-refractivity contribution in [2.75, 3.05) is 41.9 Å². The molecule has 6 heterocycles. The minimum atomic E-state index is -4.43. The van der Waals surface area contributed by atoms with Crippen LogP contribution in [0.15, 0.2) is 54.9 Å². The Kier molecular flexibility index (Phi) is 5.83. The number of nitrogens with zero attached hydrogens (tertiary/aromatic N) is 6. The summed E-state index contributed by atoms with van der Waals surface area (Å²) in [6.07, 6.45) is -1.40. The minimum absolute atomic E-state index is 0.0961. The lowest BCUT2D eigenvalue weighted by molar-refractivity contribution is -0.137. The van der Waals surface area contributed by atoms with Crippen molar-refractivity contribution in [3.05, 3.63) is 66.0 Å². The molecular weight excluding hydrogens is 499 g/mol. The van der Waals surface area contributed by atoms with E-state index in [1.807, 2.05) is 6.07 Å². The number of amides is 1. The van der Waals surface area contributed by atoms with Gasteiger partial charge in [0.15, 0.2) is 11.6 Å². The summed E-state index contributed by atoms with van der Waals surface area (Å²) in [5.41, 5.74) is 1.06. The van der Waals surface area contributed by atoms with Crippen molar-refractivity contribution in [2.24, 2.45) is 0 Å². The quantitative estimate of drug-likeness (QED) is 0.423. The van der Waals surface area contributed by atoms with E-state index in [0.29, 0.717) is 29.0 Å². The van der Waals surface area contributed by atoms with Gasteiger partial charge in [0.1, 0.15) is 23.4 Å². The smallest absolute Gasteiger partial charge is 0.360 e. The number of anilines is 3. The van der Waals surface area contributed by atoms with Gasteiger partial charge >= 0.3 is 6.18 Å². The van der Waals surface area contributed by atoms with Gasteiger partial charge in [-0.05, 0) is 35.9 Å². The number of hydrogen-bond acceptors (Lipinski definition) is 8. The molecule has 0 aliphatic carbocycles. The predicted octanol–water partition coefficient (Wildman–Crippen LogP) is 3.90. The van der Waals surface area contributed by atoms with E-state index >= 15 is 0 Å². The first-order chi connectivity index (χ1) is 18.3. The van der Waals surface area contributed by atoms with Crippen molar-refractivity contribution in [3.63, 3.8) is 0 Å². The van der Waals surface area contributed by atoms with Gasteiger partial charge in [-0.3, -0.25) is 4.79 Å². The number of piperazine rings is 1. The summed E-state index contributed by atoms with van der Waals surface area (Å²) in [5.74, 6) is 1.87. The van der Waals surface area contributed by atoms with Gasteiger partial charge in [-0.25, -0.2) is 19.9 Å². The van der Waals surface area contributed by atoms with E-state index in [-0.39, 0.29) is 18.5 Å². The SMILES string of the molecule is COC1CN2CCN1c1nccc3c2nc(-c2ccnc(NC(=O)Cc4ccc(C(F)(F)F)cc4)c2)nc13. The van der Waals surface area contributed by atoms with E-state index in [1.54, 1.807) is 31.6 Å². The standard InChI is InChI=1S/C26H22F3N7O2/c1-38-21-14-35-10-11-36(21)25-22-18(7-9-31-25)24(35)34-23(33-22)16-6-8-30-19(13-16)32-20(37)12-15-2-4-17(5-3-15)26(27,28)29/h2-9,13,21H,10-12,14H2,1H3,(H,30,32,37). The summed E-state index contributed by atoms with van der Waals surface area (Å²) < 4.78 is 44.1. The van der Waals surface area contributed by atoms with Gasteiger partial charge < -0.3 is 19.9 Å². The topological polar surface area (TPSA) is 96.4 Å². The molecule has 6 bridgehead atoms. The molecule has 3 aromatic heterocycles. The summed E-state index contributed by atoms with van der Waals surface area (Å²) in [4.78, 5) is 35.4. The first kappa shape index (κ1) is 24.0. The number of carbonyl (C=O) groups excluding carboxylic acids is 1. The average Bonchev–Trinajstić information content (AvgIpc) is 2.92. The molecule has 4 aromatic rings. The van der Waals surface area contributed by atoms with Crippen LogP contribution in [0, 0.1) is 0 Å². The van der Waals surface area contributed by atoms with Crippen LogP contribution >= 0.6 is 0 Å². The third-order valence-corrected chi connectivity index (χ3v) is 6.69. The second kappa shape index (κ2) is 9.21. The van der Waals surface area contributed by atoms with Gasteiger partial charge in [-0.1, -0.05) is 12.1 Å². The highest BCUT2D eigenvalue weighted by Gasteiger charge is 2.34. The van der Waals surface area contributed by atoms with Crippen molar-refractivity contribution in [2.45, 2.75) is 18.8 Å². The molecule has 1 fully saturated rings. The zero-order chi connectivity index (χ0) is 26.4. The number of nitrogens with one attached hydrogen (secondary N) is 1. The molecule has 1 N–H and O–H groups in total. The Bertz CT molecular complexity index is 1530. The highest BCUT2D eigenvalue weighted by atomic mass is 19.4. The fraction of sp³-hybridized carbons (Fsp3) is 0.269. The normalized spacial score (nSPS) is 16.6. The van der Waals surface area contributed by atoms with Crippen LogP contribution < -0.4 is 15.1 Å². The number of aromatic nitrogens is 4. The fourth-order valence-electron chi connectivity index (χ4n) is 4.81. The fourth-order valence-corrected chi connectivity index (χ4v) is 4.81. The van der Waals surface area contributed by atoms with Crippen LogP contribution in [0.4, 0.5) is 30.6 Å². The minimum Gasteiger partial charge on any atom is -0.360 e. The molecule has 7 rings (SSSR count). The Hall–Kier alpha value is -4.32. The summed E-state index contributed by atoms with van der Waals surface area (Å²) in [6.45, 7) is 2.13. The van der Waals surface area contributed by atoms with Gasteiger partial charge in [0.2, 0.25) is 5.91 Å². The number of carbonyl (C=O) groups is 1. The molecule has 0 saturated carbocycles. The van der Waals surface area contributed by atoms with Crippen molar-refractivity contribution >= 4 is 34.3 Å². The Morgan fingerprint density at radius 3 is 2.61 bits per heavy atom. The second-order valence-electron chi connectivity index (χ2n) is 9.08. The molecule has 12 heteroatoms. The summed E-state index contributed by atoms with van der Waals surface area (Å²) in [5, 5.41) is 3.61. The van der Waals surface area contributed by atoms with Gasteiger partial charge in [-0.15, -0.1) is 0 Å². The van der Waals surface area contributed by atoms with Crippen molar-refractivity contribution in [1.29, 1.82) is 0 Å². The average molecular weight is 522 g/mol. The second-order valence-corrected chi connectivity index (χ2v) is 9.08. The Labute approximate surface area is 215 Å². The van der Waals surface area contributed by atoms with Crippen LogP contribution in [0.25, 0.3) is 22.3 Å². The van der Waals surface area contributed by atoms with Gasteiger partial charge in [0.05, 0.1) is 18.5 Å². The third kappa shape index (κ3) is 4.36. The Morgan fingerprint density at radius 2 is 1.84 bits per heavy atom. The number of ether oxygens (including phenoxy) is 1. The first-order valence-corrected chi connectivity index (χ1v) is 11.9. The molecule has 0 radical (unpaired) electrons. The van der Waals surface area contributed by atoms with E-state index in [1.165, 1.54) is 12.1 Å².